The van der Waals surface area contributed by atoms with Crippen molar-refractivity contribution in [2.24, 2.45) is 0 Å². The fourth-order valence-corrected chi connectivity index (χ4v) is 1.65. The summed E-state index contributed by atoms with van der Waals surface area (Å²) in [5.41, 5.74) is -0.399. The Labute approximate surface area is 100 Å². The van der Waals surface area contributed by atoms with E-state index in [0.717, 1.165) is 0 Å². The highest BCUT2D eigenvalue weighted by molar-refractivity contribution is 5.81. The lowest BCUT2D eigenvalue weighted by Gasteiger charge is -2.24. The minimum absolute atomic E-state index is 0.208. The lowest BCUT2D eigenvalue weighted by Crippen LogP contribution is -2.32. The van der Waals surface area contributed by atoms with Crippen molar-refractivity contribution in [2.45, 2.75) is 25.2 Å². The van der Waals surface area contributed by atoms with Gasteiger partial charge in [0.15, 0.2) is 0 Å². The third-order valence-electron chi connectivity index (χ3n) is 2.92. The molecule has 1 aromatic rings. The molecule has 1 aromatic carbocycles. The van der Waals surface area contributed by atoms with Crippen molar-refractivity contribution in [1.82, 2.24) is 0 Å². The van der Waals surface area contributed by atoms with Gasteiger partial charge in [0.25, 0.3) is 0 Å². The Bertz CT molecular complexity index is 450. The molecule has 0 bridgehead atoms. The summed E-state index contributed by atoms with van der Waals surface area (Å²) in [7, 11) is 1.53. The Hall–Kier alpha value is -2.02. The predicted molar refractivity (Wildman–Crippen MR) is 62.8 cm³/mol. The number of carbonyl (C=O) groups is 1. The highest BCUT2D eigenvalue weighted by atomic mass is 16.5. The number of nitrogens with zero attached hydrogens (tertiary/aromatic N) is 1. The fourth-order valence-electron chi connectivity index (χ4n) is 1.65. The van der Waals surface area contributed by atoms with E-state index in [9.17, 15) is 9.90 Å². The maximum absolute atomic E-state index is 11.4. The molecule has 1 atom stereocenters. The summed E-state index contributed by atoms with van der Waals surface area (Å²) >= 11 is 0. The van der Waals surface area contributed by atoms with Crippen LogP contribution in [0.1, 0.15) is 25.3 Å². The van der Waals surface area contributed by atoms with Crippen molar-refractivity contribution in [1.29, 1.82) is 5.26 Å². The summed E-state index contributed by atoms with van der Waals surface area (Å²) in [6.45, 7) is 1.63. The summed E-state index contributed by atoms with van der Waals surface area (Å²) in [6.07, 6.45) is 0.492. The first-order valence-electron chi connectivity index (χ1n) is 5.29. The molecule has 4 nitrogen and oxygen atoms in total. The zero-order valence-corrected chi connectivity index (χ0v) is 9.93. The summed E-state index contributed by atoms with van der Waals surface area (Å²) in [5, 5.41) is 17.9. The number of benzene rings is 1. The maximum Gasteiger partial charge on any atom is 0.313 e. The van der Waals surface area contributed by atoms with Gasteiger partial charge in [0, 0.05) is 6.42 Å². The van der Waals surface area contributed by atoms with Crippen LogP contribution >= 0.6 is 0 Å². The highest BCUT2D eigenvalue weighted by Gasteiger charge is 2.34. The van der Waals surface area contributed by atoms with Crippen molar-refractivity contribution < 1.29 is 14.6 Å². The third kappa shape index (κ3) is 2.76. The Morgan fingerprint density at radius 3 is 2.82 bits per heavy atom. The van der Waals surface area contributed by atoms with Gasteiger partial charge in [0.05, 0.1) is 18.6 Å². The lowest BCUT2D eigenvalue weighted by molar-refractivity contribution is -0.143. The number of methoxy groups -OCH3 is 1. The molecule has 0 aliphatic heterocycles. The molecule has 0 spiro atoms. The van der Waals surface area contributed by atoms with Gasteiger partial charge in [0.2, 0.25) is 0 Å². The third-order valence-corrected chi connectivity index (χ3v) is 2.92. The van der Waals surface area contributed by atoms with Gasteiger partial charge in [-0.05, 0) is 31.0 Å². The molecule has 0 radical (unpaired) electrons. The molecular formula is C13H15NO3. The van der Waals surface area contributed by atoms with Gasteiger partial charge < -0.3 is 9.84 Å². The van der Waals surface area contributed by atoms with Crippen LogP contribution in [0.25, 0.3) is 0 Å². The highest BCUT2D eigenvalue weighted by Crippen LogP contribution is 2.31. The van der Waals surface area contributed by atoms with E-state index in [-0.39, 0.29) is 12.8 Å². The van der Waals surface area contributed by atoms with E-state index >= 15 is 0 Å². The second-order valence-corrected chi connectivity index (χ2v) is 4.03. The number of ether oxygens (including phenoxy) is 1. The molecule has 0 aliphatic rings. The molecule has 0 heterocycles. The average molecular weight is 233 g/mol. The quantitative estimate of drug-likeness (QED) is 0.847. The summed E-state index contributed by atoms with van der Waals surface area (Å²) in [6, 6.07) is 8.94. The van der Waals surface area contributed by atoms with Crippen LogP contribution in [0, 0.1) is 11.3 Å². The van der Waals surface area contributed by atoms with Crippen molar-refractivity contribution in [2.75, 3.05) is 7.11 Å². The van der Waals surface area contributed by atoms with E-state index in [4.69, 9.17) is 10.00 Å². The van der Waals surface area contributed by atoms with Gasteiger partial charge in [-0.15, -0.1) is 0 Å². The first kappa shape index (κ1) is 13.0. The van der Waals surface area contributed by atoms with Crippen molar-refractivity contribution in [3.05, 3.63) is 29.8 Å². The van der Waals surface area contributed by atoms with Crippen molar-refractivity contribution >= 4 is 5.97 Å². The fraction of sp³-hybridized carbons (Fsp3) is 0.385. The molecular weight excluding hydrogens is 218 g/mol. The van der Waals surface area contributed by atoms with Crippen LogP contribution in [0.5, 0.6) is 5.75 Å². The van der Waals surface area contributed by atoms with Crippen LogP contribution in [0.15, 0.2) is 24.3 Å². The minimum atomic E-state index is -1.05. The Balaban J connectivity index is 3.13. The molecule has 0 aliphatic carbocycles. The van der Waals surface area contributed by atoms with Gasteiger partial charge in [0.1, 0.15) is 5.75 Å². The standard InChI is InChI=1S/C13H15NO3/c1-13(12(15)16,7-4-8-14)10-5-3-6-11(9-10)17-2/h3,5-6,9H,4,7H2,1-2H3,(H,15,16). The van der Waals surface area contributed by atoms with Gasteiger partial charge in [-0.2, -0.15) is 5.26 Å². The van der Waals surface area contributed by atoms with E-state index in [1.165, 1.54) is 7.11 Å². The molecule has 0 amide bonds. The first-order valence-corrected chi connectivity index (χ1v) is 5.29. The van der Waals surface area contributed by atoms with Crippen LogP contribution in [0.3, 0.4) is 0 Å². The SMILES string of the molecule is COc1cccc(C(C)(CCC#N)C(=O)O)c1. The Morgan fingerprint density at radius 1 is 1.59 bits per heavy atom. The number of hydrogen-bond acceptors (Lipinski definition) is 3. The van der Waals surface area contributed by atoms with E-state index in [0.29, 0.717) is 11.3 Å². The minimum Gasteiger partial charge on any atom is -0.497 e. The van der Waals surface area contributed by atoms with E-state index < -0.39 is 11.4 Å². The largest absolute Gasteiger partial charge is 0.497 e. The zero-order chi connectivity index (χ0) is 12.9. The number of hydrogen-bond donors (Lipinski definition) is 1. The molecule has 0 fully saturated rings. The molecule has 0 aromatic heterocycles. The first-order chi connectivity index (χ1) is 8.04. The normalized spacial score (nSPS) is 13.5. The molecule has 0 saturated heterocycles. The van der Waals surface area contributed by atoms with Crippen molar-refractivity contribution in [3.63, 3.8) is 0 Å². The molecule has 1 N–H and O–H groups in total. The second kappa shape index (κ2) is 5.35. The van der Waals surface area contributed by atoms with Crippen LogP contribution in [0.2, 0.25) is 0 Å². The Morgan fingerprint density at radius 2 is 2.29 bits per heavy atom. The summed E-state index contributed by atoms with van der Waals surface area (Å²) in [4.78, 5) is 11.4. The predicted octanol–water partition coefficient (Wildman–Crippen LogP) is 2.34. The van der Waals surface area contributed by atoms with E-state index in [2.05, 4.69) is 0 Å². The van der Waals surface area contributed by atoms with Gasteiger partial charge in [-0.25, -0.2) is 0 Å². The summed E-state index contributed by atoms with van der Waals surface area (Å²) in [5.74, 6) is -0.312. The number of aliphatic carboxylic acids is 1. The van der Waals surface area contributed by atoms with Gasteiger partial charge >= 0.3 is 5.97 Å². The second-order valence-electron chi connectivity index (χ2n) is 4.03. The maximum atomic E-state index is 11.4. The average Bonchev–Trinajstić information content (AvgIpc) is 2.35. The van der Waals surface area contributed by atoms with Gasteiger partial charge in [-0.1, -0.05) is 12.1 Å². The van der Waals surface area contributed by atoms with Crippen molar-refractivity contribution in [3.8, 4) is 11.8 Å². The molecule has 0 saturated carbocycles. The number of carboxylic acid groups (broad SMARTS) is 1. The van der Waals surface area contributed by atoms with Crippen LogP contribution < -0.4 is 4.74 Å². The smallest absolute Gasteiger partial charge is 0.313 e. The van der Waals surface area contributed by atoms with Crippen LogP contribution in [-0.2, 0) is 10.2 Å². The van der Waals surface area contributed by atoms with E-state index in [1.807, 2.05) is 6.07 Å². The molecule has 17 heavy (non-hydrogen) atoms. The van der Waals surface area contributed by atoms with Crippen LogP contribution in [-0.4, -0.2) is 18.2 Å². The van der Waals surface area contributed by atoms with Gasteiger partial charge in [-0.3, -0.25) is 4.79 Å². The number of rotatable bonds is 5. The lowest BCUT2D eigenvalue weighted by atomic mass is 9.78. The molecule has 90 valence electrons. The topological polar surface area (TPSA) is 70.3 Å². The van der Waals surface area contributed by atoms with E-state index in [1.54, 1.807) is 31.2 Å². The molecule has 1 unspecified atom stereocenters. The molecule has 4 heteroatoms. The monoisotopic (exact) mass is 233 g/mol. The number of carboxylic acids is 1. The Kier molecular flexibility index (Phi) is 4.11. The summed E-state index contributed by atoms with van der Waals surface area (Å²) < 4.78 is 5.08. The van der Waals surface area contributed by atoms with Crippen LogP contribution in [0.4, 0.5) is 0 Å². The number of nitriles is 1. The molecule has 1 rings (SSSR count). The zero-order valence-electron chi connectivity index (χ0n) is 9.93.